The largest absolute Gasteiger partial charge is 0.507 e. The molecule has 0 amide bonds. The molecule has 0 unspecified atom stereocenters. The number of nitrogens with one attached hydrogen (secondary N) is 1. The summed E-state index contributed by atoms with van der Waals surface area (Å²) in [7, 11) is -4.09. The minimum Gasteiger partial charge on any atom is -0.507 e. The number of Topliss-reactive ketones (excluding diaryl/α,β-unsaturated/α-hetero) is 1. The summed E-state index contributed by atoms with van der Waals surface area (Å²) in [6.07, 6.45) is 2.97. The molecule has 3 heterocycles. The van der Waals surface area contributed by atoms with Crippen LogP contribution < -0.4 is 10.1 Å². The fourth-order valence-corrected chi connectivity index (χ4v) is 7.09. The smallest absolute Gasteiger partial charge is 0.269 e. The number of benzene rings is 3. The molecule has 0 atom stereocenters. The molecule has 8 nitrogen and oxygen atoms in total. The summed E-state index contributed by atoms with van der Waals surface area (Å²) in [4.78, 5) is 15.4. The molecule has 1 fully saturated rings. The van der Waals surface area contributed by atoms with Crippen molar-refractivity contribution in [1.29, 1.82) is 0 Å². The molecule has 216 valence electrons. The van der Waals surface area contributed by atoms with E-state index in [2.05, 4.69) is 10.2 Å². The number of fused-ring (bicyclic) bond motifs is 2. The van der Waals surface area contributed by atoms with Crippen molar-refractivity contribution in [2.24, 2.45) is 0 Å². The zero-order valence-corrected chi connectivity index (χ0v) is 25.3. The number of hydrogen-bond donors (Lipinski definition) is 2. The minimum absolute atomic E-state index is 0. The number of ketones is 1. The maximum atomic E-state index is 13.6. The van der Waals surface area contributed by atoms with Crippen LogP contribution in [0.2, 0.25) is 10.0 Å². The molecule has 2 aliphatic heterocycles. The molecule has 2 N–H and O–H groups in total. The highest BCUT2D eigenvalue weighted by Crippen LogP contribution is 2.41. The van der Waals surface area contributed by atoms with Crippen LogP contribution in [0.15, 0.2) is 71.4 Å². The lowest BCUT2D eigenvalue weighted by atomic mass is 10.0. The highest BCUT2D eigenvalue weighted by atomic mass is 35.5. The Balaban J connectivity index is 0.00000194. The summed E-state index contributed by atoms with van der Waals surface area (Å²) in [6, 6.07) is 14.2. The first-order chi connectivity index (χ1) is 18.7. The third kappa shape index (κ3) is 5.68. The Labute approximate surface area is 259 Å². The molecule has 13 heteroatoms. The van der Waals surface area contributed by atoms with Crippen LogP contribution in [0.5, 0.6) is 11.5 Å². The van der Waals surface area contributed by atoms with E-state index in [1.165, 1.54) is 36.5 Å². The van der Waals surface area contributed by atoms with E-state index in [4.69, 9.17) is 27.9 Å². The Hall–Kier alpha value is -2.76. The summed E-state index contributed by atoms with van der Waals surface area (Å²) in [6.45, 7) is 3.75. The number of carbonyl (C=O) groups excluding carboxylic acids is 1. The van der Waals surface area contributed by atoms with Crippen molar-refractivity contribution in [3.8, 4) is 11.5 Å². The first-order valence-electron chi connectivity index (χ1n) is 12.3. The number of phenolic OH excluding ortho intramolecular Hbond substituents is 1. The highest BCUT2D eigenvalue weighted by molar-refractivity contribution is 7.90. The van der Waals surface area contributed by atoms with Gasteiger partial charge >= 0.3 is 0 Å². The van der Waals surface area contributed by atoms with Crippen LogP contribution in [0.1, 0.15) is 21.5 Å². The monoisotopic (exact) mass is 655 g/mol. The van der Waals surface area contributed by atoms with Crippen LogP contribution in [0.3, 0.4) is 0 Å². The molecular formula is C28H25Cl4N3O5S. The normalized spacial score (nSPS) is 16.2. The molecule has 1 aromatic heterocycles. The lowest BCUT2D eigenvalue weighted by Gasteiger charge is -2.27. The van der Waals surface area contributed by atoms with E-state index < -0.39 is 10.0 Å². The number of nitrogens with zero attached hydrogens (tertiary/aromatic N) is 2. The number of aromatic nitrogens is 1. The van der Waals surface area contributed by atoms with Gasteiger partial charge in [0, 0.05) is 54.9 Å². The zero-order valence-electron chi connectivity index (χ0n) is 21.3. The fourth-order valence-electron chi connectivity index (χ4n) is 4.96. The quantitative estimate of drug-likeness (QED) is 0.264. The summed E-state index contributed by atoms with van der Waals surface area (Å²) < 4.78 is 34.4. The third-order valence-corrected chi connectivity index (χ3v) is 9.33. The summed E-state index contributed by atoms with van der Waals surface area (Å²) in [5.41, 5.74) is 1.79. The molecule has 3 aromatic carbocycles. The van der Waals surface area contributed by atoms with Crippen LogP contribution in [-0.4, -0.2) is 54.4 Å². The van der Waals surface area contributed by atoms with Crippen LogP contribution in [0.4, 0.5) is 0 Å². The molecular weight excluding hydrogens is 632 g/mol. The van der Waals surface area contributed by atoms with Gasteiger partial charge in [-0.15, -0.1) is 24.8 Å². The van der Waals surface area contributed by atoms with E-state index in [1.807, 2.05) is 0 Å². The Morgan fingerprint density at radius 3 is 2.49 bits per heavy atom. The summed E-state index contributed by atoms with van der Waals surface area (Å²) in [5.74, 6) is 0.0898. The van der Waals surface area contributed by atoms with Crippen molar-refractivity contribution in [3.05, 3.63) is 93.3 Å². The fraction of sp³-hybridized carbons (Fsp3) is 0.179. The number of aromatic hydroxyl groups is 1. The van der Waals surface area contributed by atoms with Crippen molar-refractivity contribution in [3.63, 3.8) is 0 Å². The number of rotatable bonds is 5. The van der Waals surface area contributed by atoms with Gasteiger partial charge in [-0.2, -0.15) is 0 Å². The maximum absolute atomic E-state index is 13.6. The van der Waals surface area contributed by atoms with Gasteiger partial charge in [0.25, 0.3) is 10.0 Å². The van der Waals surface area contributed by atoms with Gasteiger partial charge in [0.2, 0.25) is 5.78 Å². The predicted octanol–water partition coefficient (Wildman–Crippen LogP) is 5.76. The first-order valence-corrected chi connectivity index (χ1v) is 14.5. The second kappa shape index (κ2) is 12.2. The number of phenols is 1. The van der Waals surface area contributed by atoms with E-state index in [1.54, 1.807) is 30.3 Å². The second-order valence-corrected chi connectivity index (χ2v) is 12.0. The number of piperazine rings is 1. The average molecular weight is 657 g/mol. The number of carbonyl (C=O) groups is 1. The summed E-state index contributed by atoms with van der Waals surface area (Å²) >= 11 is 12.2. The van der Waals surface area contributed by atoms with Gasteiger partial charge in [-0.25, -0.2) is 12.4 Å². The number of allylic oxidation sites excluding steroid dienone is 1. The molecule has 6 rings (SSSR count). The van der Waals surface area contributed by atoms with Crippen LogP contribution in [0, 0.1) is 0 Å². The van der Waals surface area contributed by atoms with E-state index >= 15 is 0 Å². The van der Waals surface area contributed by atoms with Crippen molar-refractivity contribution in [2.75, 3.05) is 26.2 Å². The van der Waals surface area contributed by atoms with Crippen molar-refractivity contribution < 1.29 is 23.1 Å². The topological polar surface area (TPSA) is 101 Å². The SMILES string of the molecule is Cl.Cl.O=C1C(=Cc2cn(S(=O)(=O)c3ccc(Cl)cc3Cl)c3ccccc23)Oc2c1ccc(O)c2CN1CCNCC1. The van der Waals surface area contributed by atoms with Gasteiger partial charge in [-0.3, -0.25) is 9.69 Å². The Morgan fingerprint density at radius 2 is 1.76 bits per heavy atom. The molecule has 2 aliphatic rings. The highest BCUT2D eigenvalue weighted by Gasteiger charge is 2.32. The zero-order chi connectivity index (χ0) is 27.3. The second-order valence-electron chi connectivity index (χ2n) is 9.38. The van der Waals surface area contributed by atoms with Gasteiger partial charge in [0.1, 0.15) is 16.4 Å². The number of ether oxygens (including phenoxy) is 1. The van der Waals surface area contributed by atoms with Crippen molar-refractivity contribution in [1.82, 2.24) is 14.2 Å². The number of hydrogen-bond acceptors (Lipinski definition) is 7. The maximum Gasteiger partial charge on any atom is 0.269 e. The standard InChI is InChI=1S/C28H23Cl2N3O5S.2ClH/c29-18-5-8-26(22(30)14-18)39(36,37)33-15-17(19-3-1-2-4-23(19)33)13-25-27(35)20-6-7-24(34)21(28(20)38-25)16-32-11-9-31-10-12-32;;/h1-8,13-15,31,34H,9-12,16H2;2*1H. The Morgan fingerprint density at radius 1 is 1.02 bits per heavy atom. The van der Waals surface area contributed by atoms with E-state index in [0.29, 0.717) is 44.9 Å². The average Bonchev–Trinajstić information content (AvgIpc) is 3.44. The molecule has 0 aliphatic carbocycles. The molecule has 0 saturated carbocycles. The van der Waals surface area contributed by atoms with E-state index in [0.717, 1.165) is 30.2 Å². The van der Waals surface area contributed by atoms with Crippen molar-refractivity contribution in [2.45, 2.75) is 11.4 Å². The lowest BCUT2D eigenvalue weighted by molar-refractivity contribution is 0.101. The van der Waals surface area contributed by atoms with Gasteiger partial charge in [-0.05, 0) is 42.5 Å². The molecule has 4 aromatic rings. The van der Waals surface area contributed by atoms with Gasteiger partial charge in [0.05, 0.1) is 21.7 Å². The minimum atomic E-state index is -4.09. The molecule has 41 heavy (non-hydrogen) atoms. The Kier molecular flexibility index (Phi) is 9.30. The Bertz CT molecular complexity index is 1780. The summed E-state index contributed by atoms with van der Waals surface area (Å²) in [5, 5.41) is 14.8. The van der Waals surface area contributed by atoms with Crippen LogP contribution in [-0.2, 0) is 16.6 Å². The van der Waals surface area contributed by atoms with Gasteiger partial charge in [-0.1, -0.05) is 41.4 Å². The molecule has 0 spiro atoms. The van der Waals surface area contributed by atoms with Gasteiger partial charge in [0.15, 0.2) is 5.76 Å². The third-order valence-electron chi connectivity index (χ3n) is 6.93. The van der Waals surface area contributed by atoms with Gasteiger partial charge < -0.3 is 15.2 Å². The van der Waals surface area contributed by atoms with Crippen molar-refractivity contribution >= 4 is 80.8 Å². The molecule has 1 saturated heterocycles. The van der Waals surface area contributed by atoms with Crippen LogP contribution in [0.25, 0.3) is 17.0 Å². The number of para-hydroxylation sites is 1. The number of halogens is 4. The first kappa shape index (κ1) is 31.2. The molecule has 0 radical (unpaired) electrons. The predicted molar refractivity (Wildman–Crippen MR) is 165 cm³/mol. The van der Waals surface area contributed by atoms with E-state index in [9.17, 15) is 18.3 Å². The lowest BCUT2D eigenvalue weighted by Crippen LogP contribution is -2.42. The van der Waals surface area contributed by atoms with E-state index in [-0.39, 0.29) is 52.0 Å². The molecule has 0 bridgehead atoms. The van der Waals surface area contributed by atoms with Crippen LogP contribution >= 0.6 is 48.0 Å².